The van der Waals surface area contributed by atoms with Crippen molar-refractivity contribution >= 4 is 34.8 Å². The summed E-state index contributed by atoms with van der Waals surface area (Å²) in [6.07, 6.45) is 0. The first-order valence-electron chi connectivity index (χ1n) is 9.19. The molecule has 4 rings (SSSR count). The fourth-order valence-electron chi connectivity index (χ4n) is 3.10. The molecule has 0 N–H and O–H groups in total. The largest absolute Gasteiger partial charge is 0.378 e. The summed E-state index contributed by atoms with van der Waals surface area (Å²) >= 11 is 2.97. The standard InChI is InChI=1S/C20H22N4O2S2/c1-14-4-3-5-16(12-14)24-19(23-8-10-26-11-9-23)21-22-20(24)27-13-17(25)18-7-6-15(2)28-18/h3-7,12H,8-11,13H2,1-2H3. The van der Waals surface area contributed by atoms with E-state index in [1.54, 1.807) is 0 Å². The number of carbonyl (C=O) groups is 1. The summed E-state index contributed by atoms with van der Waals surface area (Å²) in [5.41, 5.74) is 2.17. The van der Waals surface area contributed by atoms with Crippen LogP contribution in [0.4, 0.5) is 5.95 Å². The van der Waals surface area contributed by atoms with Gasteiger partial charge in [-0.3, -0.25) is 9.36 Å². The second kappa shape index (κ2) is 8.46. The summed E-state index contributed by atoms with van der Waals surface area (Å²) in [5, 5.41) is 9.60. The highest BCUT2D eigenvalue weighted by Gasteiger charge is 2.22. The van der Waals surface area contributed by atoms with Crippen molar-refractivity contribution in [3.8, 4) is 5.69 Å². The molecule has 0 atom stereocenters. The normalized spacial score (nSPS) is 14.4. The Hall–Kier alpha value is -2.16. The Balaban J connectivity index is 1.62. The van der Waals surface area contributed by atoms with Crippen LogP contribution in [0.3, 0.4) is 0 Å². The van der Waals surface area contributed by atoms with Crippen LogP contribution in [-0.4, -0.2) is 52.6 Å². The molecule has 8 heteroatoms. The summed E-state index contributed by atoms with van der Waals surface area (Å²) in [6.45, 7) is 7.00. The number of aromatic nitrogens is 3. The lowest BCUT2D eigenvalue weighted by molar-refractivity contribution is 0.102. The molecule has 0 spiro atoms. The monoisotopic (exact) mass is 414 g/mol. The molecule has 0 radical (unpaired) electrons. The number of morpholine rings is 1. The number of ketones is 1. The number of rotatable bonds is 6. The highest BCUT2D eigenvalue weighted by atomic mass is 32.2. The van der Waals surface area contributed by atoms with Gasteiger partial charge in [0.1, 0.15) is 0 Å². The van der Waals surface area contributed by atoms with Crippen LogP contribution in [0.25, 0.3) is 5.69 Å². The first-order valence-corrected chi connectivity index (χ1v) is 11.0. The molecule has 0 unspecified atom stereocenters. The number of anilines is 1. The molecular weight excluding hydrogens is 392 g/mol. The number of thiophene rings is 1. The summed E-state index contributed by atoms with van der Waals surface area (Å²) < 4.78 is 7.53. The van der Waals surface area contributed by atoms with Gasteiger partial charge in [0.25, 0.3) is 0 Å². The van der Waals surface area contributed by atoms with Gasteiger partial charge in [0.15, 0.2) is 10.9 Å². The highest BCUT2D eigenvalue weighted by Crippen LogP contribution is 2.28. The van der Waals surface area contributed by atoms with E-state index < -0.39 is 0 Å². The second-order valence-corrected chi connectivity index (χ2v) is 8.91. The lowest BCUT2D eigenvalue weighted by Crippen LogP contribution is -2.37. The van der Waals surface area contributed by atoms with Crippen molar-refractivity contribution in [2.24, 2.45) is 0 Å². The predicted octanol–water partition coefficient (Wildman–Crippen LogP) is 3.76. The average molecular weight is 415 g/mol. The van der Waals surface area contributed by atoms with Gasteiger partial charge in [-0.2, -0.15) is 0 Å². The number of hydrogen-bond donors (Lipinski definition) is 0. The molecule has 6 nitrogen and oxygen atoms in total. The van der Waals surface area contributed by atoms with Crippen LogP contribution < -0.4 is 4.90 Å². The molecule has 1 fully saturated rings. The van der Waals surface area contributed by atoms with Crippen molar-refractivity contribution in [1.29, 1.82) is 0 Å². The molecule has 0 amide bonds. The minimum absolute atomic E-state index is 0.120. The number of aryl methyl sites for hydroxylation is 2. The number of Topliss-reactive ketones (excluding diaryl/α,β-unsaturated/α-hetero) is 1. The minimum Gasteiger partial charge on any atom is -0.378 e. The number of benzene rings is 1. The molecule has 1 aliphatic rings. The number of nitrogens with zero attached hydrogens (tertiary/aromatic N) is 4. The Morgan fingerprint density at radius 3 is 2.71 bits per heavy atom. The maximum atomic E-state index is 12.5. The van der Waals surface area contributed by atoms with E-state index in [4.69, 9.17) is 4.74 Å². The van der Waals surface area contributed by atoms with Gasteiger partial charge in [-0.1, -0.05) is 23.9 Å². The highest BCUT2D eigenvalue weighted by molar-refractivity contribution is 7.99. The molecule has 2 aromatic heterocycles. The second-order valence-electron chi connectivity index (χ2n) is 6.68. The molecule has 0 bridgehead atoms. The number of thioether (sulfide) groups is 1. The molecule has 0 aliphatic carbocycles. The lowest BCUT2D eigenvalue weighted by atomic mass is 10.2. The van der Waals surface area contributed by atoms with Crippen LogP contribution in [-0.2, 0) is 4.74 Å². The Morgan fingerprint density at radius 2 is 2.00 bits per heavy atom. The van der Waals surface area contributed by atoms with Crippen molar-refractivity contribution in [1.82, 2.24) is 14.8 Å². The molecule has 1 saturated heterocycles. The van der Waals surface area contributed by atoms with E-state index in [0.717, 1.165) is 39.6 Å². The first-order chi connectivity index (χ1) is 13.6. The van der Waals surface area contributed by atoms with Gasteiger partial charge in [-0.05, 0) is 43.7 Å². The van der Waals surface area contributed by atoms with E-state index in [1.807, 2.05) is 25.1 Å². The topological polar surface area (TPSA) is 60.2 Å². The van der Waals surface area contributed by atoms with Crippen LogP contribution in [0.15, 0.2) is 41.6 Å². The average Bonchev–Trinajstić information content (AvgIpc) is 3.33. The quantitative estimate of drug-likeness (QED) is 0.452. The lowest BCUT2D eigenvalue weighted by Gasteiger charge is -2.28. The van der Waals surface area contributed by atoms with Crippen molar-refractivity contribution in [2.75, 3.05) is 37.0 Å². The van der Waals surface area contributed by atoms with Crippen molar-refractivity contribution in [3.63, 3.8) is 0 Å². The summed E-state index contributed by atoms with van der Waals surface area (Å²) in [5.74, 6) is 1.26. The third-order valence-electron chi connectivity index (χ3n) is 4.52. The third-order valence-corrected chi connectivity index (χ3v) is 6.49. The Labute approximate surface area is 172 Å². The molecule has 3 aromatic rings. The zero-order valence-corrected chi connectivity index (χ0v) is 17.6. The van der Waals surface area contributed by atoms with Gasteiger partial charge in [0.05, 0.1) is 29.5 Å². The smallest absolute Gasteiger partial charge is 0.232 e. The Morgan fingerprint density at radius 1 is 1.18 bits per heavy atom. The van der Waals surface area contributed by atoms with Crippen LogP contribution in [0.2, 0.25) is 0 Å². The van der Waals surface area contributed by atoms with E-state index in [2.05, 4.69) is 44.8 Å². The number of hydrogen-bond acceptors (Lipinski definition) is 7. The van der Waals surface area contributed by atoms with Gasteiger partial charge >= 0.3 is 0 Å². The van der Waals surface area contributed by atoms with Crippen LogP contribution in [0.5, 0.6) is 0 Å². The fourth-order valence-corrected chi connectivity index (χ4v) is 4.83. The molecule has 1 aromatic carbocycles. The van der Waals surface area contributed by atoms with Crippen LogP contribution >= 0.6 is 23.1 Å². The molecule has 146 valence electrons. The minimum atomic E-state index is 0.120. The number of ether oxygens (including phenoxy) is 1. The van der Waals surface area contributed by atoms with E-state index in [0.29, 0.717) is 19.0 Å². The zero-order valence-electron chi connectivity index (χ0n) is 15.9. The van der Waals surface area contributed by atoms with Gasteiger partial charge in [0.2, 0.25) is 5.95 Å². The molecule has 28 heavy (non-hydrogen) atoms. The van der Waals surface area contributed by atoms with Crippen LogP contribution in [0.1, 0.15) is 20.1 Å². The van der Waals surface area contributed by atoms with E-state index in [9.17, 15) is 4.79 Å². The summed E-state index contributed by atoms with van der Waals surface area (Å²) in [4.78, 5) is 16.7. The van der Waals surface area contributed by atoms with Gasteiger partial charge in [0, 0.05) is 18.0 Å². The molecule has 1 aliphatic heterocycles. The van der Waals surface area contributed by atoms with Crippen molar-refractivity contribution < 1.29 is 9.53 Å². The van der Waals surface area contributed by atoms with Crippen molar-refractivity contribution in [2.45, 2.75) is 19.0 Å². The molecule has 0 saturated carbocycles. The maximum absolute atomic E-state index is 12.5. The summed E-state index contributed by atoms with van der Waals surface area (Å²) in [6, 6.07) is 12.1. The van der Waals surface area contributed by atoms with Crippen molar-refractivity contribution in [3.05, 3.63) is 51.7 Å². The molecule has 3 heterocycles. The van der Waals surface area contributed by atoms with Gasteiger partial charge < -0.3 is 9.64 Å². The maximum Gasteiger partial charge on any atom is 0.232 e. The van der Waals surface area contributed by atoms with E-state index in [-0.39, 0.29) is 5.78 Å². The molecular formula is C20H22N4O2S2. The first kappa shape index (κ1) is 19.2. The number of carbonyl (C=O) groups excluding carboxylic acids is 1. The SMILES string of the molecule is Cc1cccc(-n2c(SCC(=O)c3ccc(C)s3)nnc2N2CCOCC2)c1. The van der Waals surface area contributed by atoms with Gasteiger partial charge in [-0.25, -0.2) is 0 Å². The Bertz CT molecular complexity index is 976. The summed E-state index contributed by atoms with van der Waals surface area (Å²) in [7, 11) is 0. The Kier molecular flexibility index (Phi) is 5.79. The fraction of sp³-hybridized carbons (Fsp3) is 0.350. The van der Waals surface area contributed by atoms with Gasteiger partial charge in [-0.15, -0.1) is 21.5 Å². The van der Waals surface area contributed by atoms with E-state index >= 15 is 0 Å². The zero-order chi connectivity index (χ0) is 19.5. The van der Waals surface area contributed by atoms with E-state index in [1.165, 1.54) is 28.7 Å². The third kappa shape index (κ3) is 4.14. The van der Waals surface area contributed by atoms with Crippen LogP contribution in [0, 0.1) is 13.8 Å². The predicted molar refractivity (Wildman–Crippen MR) is 113 cm³/mol.